The van der Waals surface area contributed by atoms with Gasteiger partial charge in [-0.2, -0.15) is 5.26 Å². The van der Waals surface area contributed by atoms with Crippen molar-refractivity contribution in [1.29, 1.82) is 5.26 Å². The number of primary sulfonamides is 1. The molecule has 2 aromatic rings. The molecule has 0 atom stereocenters. The van der Waals surface area contributed by atoms with Crippen LogP contribution >= 0.6 is 0 Å². The molecule has 2 rings (SSSR count). The third-order valence-corrected chi connectivity index (χ3v) is 3.98. The lowest BCUT2D eigenvalue weighted by Crippen LogP contribution is -2.19. The minimum absolute atomic E-state index is 0.0469. The molecule has 0 aliphatic rings. The second-order valence-corrected chi connectivity index (χ2v) is 6.02. The van der Waals surface area contributed by atoms with Crippen LogP contribution in [-0.4, -0.2) is 15.5 Å². The van der Waals surface area contributed by atoms with Gasteiger partial charge in [-0.3, -0.25) is 0 Å². The van der Waals surface area contributed by atoms with Crippen molar-refractivity contribution in [2.75, 3.05) is 17.7 Å². The van der Waals surface area contributed by atoms with Gasteiger partial charge in [0.1, 0.15) is 4.90 Å². The lowest BCUT2D eigenvalue weighted by atomic mass is 10.2. The summed E-state index contributed by atoms with van der Waals surface area (Å²) in [5.41, 5.74) is 7.61. The van der Waals surface area contributed by atoms with Gasteiger partial charge in [-0.25, -0.2) is 13.6 Å². The lowest BCUT2D eigenvalue weighted by molar-refractivity contribution is 0.598. The highest BCUT2D eigenvalue weighted by Gasteiger charge is 2.18. The predicted octanol–water partition coefficient (Wildman–Crippen LogP) is 1.56. The third-order valence-electron chi connectivity index (χ3n) is 3.04. The Morgan fingerprint density at radius 1 is 1.14 bits per heavy atom. The molecule has 0 heterocycles. The SMILES string of the molecule is CN(c1ccc(C#N)cc1)c1ccc(N)cc1S(N)(=O)=O. The van der Waals surface area contributed by atoms with E-state index in [4.69, 9.17) is 16.1 Å². The number of hydrogen-bond acceptors (Lipinski definition) is 5. The van der Waals surface area contributed by atoms with Gasteiger partial charge in [0.05, 0.1) is 17.3 Å². The Labute approximate surface area is 123 Å². The van der Waals surface area contributed by atoms with E-state index in [2.05, 4.69) is 0 Å². The maximum absolute atomic E-state index is 11.7. The Hall–Kier alpha value is -2.56. The lowest BCUT2D eigenvalue weighted by Gasteiger charge is -2.22. The number of nitrogens with zero attached hydrogens (tertiary/aromatic N) is 2. The summed E-state index contributed by atoms with van der Waals surface area (Å²) < 4.78 is 23.4. The summed E-state index contributed by atoms with van der Waals surface area (Å²) in [5, 5.41) is 14.0. The van der Waals surface area contributed by atoms with Crippen LogP contribution in [0.4, 0.5) is 17.1 Å². The molecule has 108 valence electrons. The summed E-state index contributed by atoms with van der Waals surface area (Å²) in [5.74, 6) is 0. The molecule has 0 bridgehead atoms. The molecule has 0 spiro atoms. The number of benzene rings is 2. The van der Waals surface area contributed by atoms with Crippen molar-refractivity contribution in [3.05, 3.63) is 48.0 Å². The molecule has 4 N–H and O–H groups in total. The largest absolute Gasteiger partial charge is 0.399 e. The molecule has 0 amide bonds. The molecule has 0 fully saturated rings. The molecule has 21 heavy (non-hydrogen) atoms. The van der Waals surface area contributed by atoms with E-state index in [1.54, 1.807) is 48.3 Å². The van der Waals surface area contributed by atoms with Crippen LogP contribution in [-0.2, 0) is 10.0 Å². The molecule has 0 saturated heterocycles. The molecule has 0 aliphatic carbocycles. The van der Waals surface area contributed by atoms with Gasteiger partial charge in [0.2, 0.25) is 10.0 Å². The van der Waals surface area contributed by atoms with Crippen LogP contribution in [0.1, 0.15) is 5.56 Å². The number of sulfonamides is 1. The summed E-state index contributed by atoms with van der Waals surface area (Å²) in [4.78, 5) is 1.62. The van der Waals surface area contributed by atoms with Crippen LogP contribution in [0.3, 0.4) is 0 Å². The first-order valence-corrected chi connectivity index (χ1v) is 7.54. The number of hydrogen-bond donors (Lipinski definition) is 2. The summed E-state index contributed by atoms with van der Waals surface area (Å²) in [6.07, 6.45) is 0. The second-order valence-electron chi connectivity index (χ2n) is 4.49. The highest BCUT2D eigenvalue weighted by atomic mass is 32.2. The maximum atomic E-state index is 11.7. The van der Waals surface area contributed by atoms with Gasteiger partial charge >= 0.3 is 0 Å². The molecular formula is C14H14N4O2S. The second kappa shape index (κ2) is 5.44. The first-order valence-electron chi connectivity index (χ1n) is 5.99. The van der Waals surface area contributed by atoms with Crippen LogP contribution < -0.4 is 15.8 Å². The Morgan fingerprint density at radius 2 is 1.76 bits per heavy atom. The zero-order valence-corrected chi connectivity index (χ0v) is 12.1. The van der Waals surface area contributed by atoms with Crippen LogP contribution in [0.25, 0.3) is 0 Å². The average molecular weight is 302 g/mol. The zero-order chi connectivity index (χ0) is 15.6. The number of nitrogens with two attached hydrogens (primary N) is 2. The van der Waals surface area contributed by atoms with E-state index in [0.29, 0.717) is 16.9 Å². The summed E-state index contributed by atoms with van der Waals surface area (Å²) in [6, 6.07) is 13.3. The van der Waals surface area contributed by atoms with Gasteiger partial charge in [0, 0.05) is 18.4 Å². The van der Waals surface area contributed by atoms with E-state index < -0.39 is 10.0 Å². The standard InChI is InChI=1S/C14H14N4O2S/c1-18(12-5-2-10(9-15)3-6-12)13-7-4-11(16)8-14(13)21(17,19)20/h2-8H,16H2,1H3,(H2,17,19,20). The smallest absolute Gasteiger partial charge is 0.240 e. The van der Waals surface area contributed by atoms with E-state index in [-0.39, 0.29) is 4.90 Å². The van der Waals surface area contributed by atoms with Gasteiger partial charge in [-0.15, -0.1) is 0 Å². The number of rotatable bonds is 3. The van der Waals surface area contributed by atoms with E-state index >= 15 is 0 Å². The number of anilines is 3. The molecule has 2 aromatic carbocycles. The Bertz CT molecular complexity index is 808. The van der Waals surface area contributed by atoms with Gasteiger partial charge in [-0.05, 0) is 42.5 Å². The topological polar surface area (TPSA) is 113 Å². The fraction of sp³-hybridized carbons (Fsp3) is 0.0714. The van der Waals surface area contributed by atoms with Crippen LogP contribution in [0.15, 0.2) is 47.4 Å². The Balaban J connectivity index is 2.53. The minimum Gasteiger partial charge on any atom is -0.399 e. The molecule has 7 heteroatoms. The number of nitrogen functional groups attached to an aromatic ring is 1. The fourth-order valence-electron chi connectivity index (χ4n) is 1.93. The normalized spacial score (nSPS) is 10.9. The van der Waals surface area contributed by atoms with Gasteiger partial charge in [0.25, 0.3) is 0 Å². The quantitative estimate of drug-likeness (QED) is 0.835. The molecule has 0 radical (unpaired) electrons. The molecule has 0 unspecified atom stereocenters. The molecule has 0 saturated carbocycles. The Kier molecular flexibility index (Phi) is 3.84. The van der Waals surface area contributed by atoms with E-state index in [1.807, 2.05) is 6.07 Å². The maximum Gasteiger partial charge on any atom is 0.240 e. The highest BCUT2D eigenvalue weighted by molar-refractivity contribution is 7.89. The fourth-order valence-corrected chi connectivity index (χ4v) is 2.73. The van der Waals surface area contributed by atoms with Crippen LogP contribution in [0.5, 0.6) is 0 Å². The Morgan fingerprint density at radius 3 is 2.29 bits per heavy atom. The summed E-state index contributed by atoms with van der Waals surface area (Å²) in [7, 11) is -2.19. The van der Waals surface area contributed by atoms with E-state index in [0.717, 1.165) is 5.69 Å². The van der Waals surface area contributed by atoms with Gasteiger partial charge in [-0.1, -0.05) is 0 Å². The van der Waals surface area contributed by atoms with Crippen molar-refractivity contribution in [2.45, 2.75) is 4.90 Å². The number of nitriles is 1. The van der Waals surface area contributed by atoms with Crippen molar-refractivity contribution >= 4 is 27.1 Å². The van der Waals surface area contributed by atoms with Gasteiger partial charge < -0.3 is 10.6 Å². The molecule has 0 aromatic heterocycles. The van der Waals surface area contributed by atoms with Crippen molar-refractivity contribution < 1.29 is 8.42 Å². The van der Waals surface area contributed by atoms with Crippen molar-refractivity contribution in [3.8, 4) is 6.07 Å². The van der Waals surface area contributed by atoms with E-state index in [9.17, 15) is 8.42 Å². The summed E-state index contributed by atoms with van der Waals surface area (Å²) >= 11 is 0. The highest BCUT2D eigenvalue weighted by Crippen LogP contribution is 2.31. The first kappa shape index (κ1) is 14.8. The molecular weight excluding hydrogens is 288 g/mol. The monoisotopic (exact) mass is 302 g/mol. The molecule has 0 aliphatic heterocycles. The van der Waals surface area contributed by atoms with Crippen molar-refractivity contribution in [3.63, 3.8) is 0 Å². The van der Waals surface area contributed by atoms with Crippen LogP contribution in [0.2, 0.25) is 0 Å². The minimum atomic E-state index is -3.90. The van der Waals surface area contributed by atoms with Gasteiger partial charge in [0.15, 0.2) is 0 Å². The summed E-state index contributed by atoms with van der Waals surface area (Å²) in [6.45, 7) is 0. The van der Waals surface area contributed by atoms with Crippen LogP contribution in [0, 0.1) is 11.3 Å². The van der Waals surface area contributed by atoms with Crippen molar-refractivity contribution in [2.24, 2.45) is 5.14 Å². The molecule has 6 nitrogen and oxygen atoms in total. The average Bonchev–Trinajstić information content (AvgIpc) is 2.45. The predicted molar refractivity (Wildman–Crippen MR) is 81.4 cm³/mol. The van der Waals surface area contributed by atoms with Crippen molar-refractivity contribution in [1.82, 2.24) is 0 Å². The van der Waals surface area contributed by atoms with E-state index in [1.165, 1.54) is 6.07 Å². The zero-order valence-electron chi connectivity index (χ0n) is 11.3. The first-order chi connectivity index (χ1) is 9.82. The third kappa shape index (κ3) is 3.13.